The first-order chi connectivity index (χ1) is 54.5. The smallest absolute Gasteiger partial charge is 0.493 e. The van der Waals surface area contributed by atoms with Crippen LogP contribution >= 0.6 is 46.4 Å². The second kappa shape index (κ2) is 34.1. The maximum Gasteiger partial charge on any atom is 0.573 e. The number of fused-ring (bicyclic) bond motifs is 8. The summed E-state index contributed by atoms with van der Waals surface area (Å²) in [7, 11) is 5.74. The molecule has 5 aromatic heterocycles. The maximum absolute atomic E-state index is 13.1. The fourth-order valence-corrected chi connectivity index (χ4v) is 14.9. The van der Waals surface area contributed by atoms with Crippen LogP contribution in [0, 0.1) is 0 Å². The lowest BCUT2D eigenvalue weighted by molar-refractivity contribution is -0.274. The fourth-order valence-electron chi connectivity index (χ4n) is 14.0. The number of aliphatic carboxylic acids is 4. The molecule has 0 amide bonds. The Hall–Kier alpha value is -12.7. The number of halogens is 7. The number of hydrogen-bond acceptors (Lipinski definition) is 18. The Bertz CT molecular complexity index is 6440. The van der Waals surface area contributed by atoms with Gasteiger partial charge in [-0.15, -0.1) is 13.2 Å². The fraction of sp³-hybridized carbons (Fsp3) is 0.185. The molecule has 0 atom stereocenters. The quantitative estimate of drug-likeness (QED) is 0.0392. The van der Waals surface area contributed by atoms with Gasteiger partial charge in [-0.25, -0.2) is 4.98 Å². The van der Waals surface area contributed by atoms with Gasteiger partial charge in [0.15, 0.2) is 44.7 Å². The van der Waals surface area contributed by atoms with Gasteiger partial charge in [0.1, 0.15) is 37.7 Å². The summed E-state index contributed by atoms with van der Waals surface area (Å²) in [6.07, 6.45) is 2.79. The van der Waals surface area contributed by atoms with E-state index >= 15 is 0 Å². The van der Waals surface area contributed by atoms with E-state index in [0.717, 1.165) is 43.4 Å². The highest BCUT2D eigenvalue weighted by Crippen LogP contribution is 2.41. The van der Waals surface area contributed by atoms with Gasteiger partial charge >= 0.3 is 30.2 Å². The van der Waals surface area contributed by atoms with E-state index in [9.17, 15) is 77.1 Å². The molecule has 5 heterocycles. The number of anilines is 4. The molecule has 114 heavy (non-hydrogen) atoms. The van der Waals surface area contributed by atoms with E-state index in [1.807, 2.05) is 12.1 Å². The number of aliphatic hydroxyl groups excluding tert-OH is 1. The minimum Gasteiger partial charge on any atom is -0.493 e. The average Bonchev–Trinajstić information content (AvgIpc) is 0.757. The molecule has 586 valence electrons. The van der Waals surface area contributed by atoms with Gasteiger partial charge in [-0.2, -0.15) is 0 Å². The van der Waals surface area contributed by atoms with Crippen molar-refractivity contribution in [3.8, 4) is 28.7 Å². The molecule has 0 aliphatic heterocycles. The zero-order valence-corrected chi connectivity index (χ0v) is 63.4. The first-order valence-corrected chi connectivity index (χ1v) is 36.0. The average molecular weight is 1640 g/mol. The molecule has 0 radical (unpaired) electrons. The van der Waals surface area contributed by atoms with E-state index in [0.29, 0.717) is 105 Å². The third kappa shape index (κ3) is 16.9. The predicted octanol–water partition coefficient (Wildman–Crippen LogP) is 15.8. The summed E-state index contributed by atoms with van der Waals surface area (Å²) >= 11 is 25.0. The van der Waals surface area contributed by atoms with Crippen molar-refractivity contribution in [2.75, 3.05) is 39.1 Å². The van der Waals surface area contributed by atoms with Crippen LogP contribution in [0.3, 0.4) is 0 Å². The van der Waals surface area contributed by atoms with Crippen molar-refractivity contribution in [2.24, 2.45) is 0 Å². The number of pyridine rings is 4. The highest BCUT2D eigenvalue weighted by Gasteiger charge is 2.32. The number of ether oxygens (including phenoxy) is 5. The first kappa shape index (κ1) is 80.8. The normalized spacial score (nSPS) is 13.3. The lowest BCUT2D eigenvalue weighted by atomic mass is 9.82. The number of aromatic nitrogens is 6. The van der Waals surface area contributed by atoms with Crippen molar-refractivity contribution in [1.29, 1.82) is 0 Å². The summed E-state index contributed by atoms with van der Waals surface area (Å²) in [5, 5.41) is 57.4. The summed E-state index contributed by atoms with van der Waals surface area (Å²) in [6.45, 7) is -1.48. The van der Waals surface area contributed by atoms with E-state index in [1.54, 1.807) is 131 Å². The van der Waals surface area contributed by atoms with Crippen LogP contribution in [0.4, 0.5) is 36.1 Å². The van der Waals surface area contributed by atoms with Crippen LogP contribution in [-0.4, -0.2) is 119 Å². The summed E-state index contributed by atoms with van der Waals surface area (Å²) in [5.41, 5.74) is 4.77. The third-order valence-corrected chi connectivity index (χ3v) is 20.2. The number of nitrogens with zero attached hydrogens (tertiary/aromatic N) is 6. The minimum absolute atomic E-state index is 0.165. The van der Waals surface area contributed by atoms with E-state index in [2.05, 4.69) is 25.3 Å². The van der Waals surface area contributed by atoms with Crippen LogP contribution in [-0.2, 0) is 45.4 Å². The standard InChI is InChI=1S/C23H16ClF3N2O5.C21H19Cl2NO4.C20H15ClN4O4.C17H15NO5/c1-33-22-17(24)9-8-16-20(22)29(11-19(30)31)18-10-13(4-7-15(18)21(16)32)28-12-2-5-14(6-3-12)34-23(25,26)27;22-16-8-7-15-20(19(16)23)24(10-18(26)27)17-9-12(3-6-14(17)21(15)28)11-1-4-13(25)5-2-11;1-29-20-14(21)5-4-13-18(20)25(10-17(26)27)15-8-11(2-3-12(15)19(13)28)24-16-9-22-6-7-23-16;1-22-13-8-7-11-15(17(13)23-2)18(9-14(19)20)12-6-4-3-5-10(12)16(11)21/h2-10,28H,11H2,1H3,(H,30,31);3,6-9,11,13,25H,1-2,4-5,10H2,(H,26,27);2-9H,10H2,1H3,(H,23,24)(H,26,27);3-8H,9H2,1-2H3,(H,19,20). The topological polar surface area (TPSA) is 353 Å². The maximum atomic E-state index is 13.1. The Morgan fingerprint density at radius 3 is 1.34 bits per heavy atom. The number of carboxylic acid groups (broad SMARTS) is 4. The van der Waals surface area contributed by atoms with Crippen LogP contribution in [0.5, 0.6) is 28.7 Å². The predicted molar refractivity (Wildman–Crippen MR) is 429 cm³/mol. The van der Waals surface area contributed by atoms with Crippen LogP contribution in [0.2, 0.25) is 20.1 Å². The Labute approximate surface area is 661 Å². The number of para-hydroxylation sites is 1. The van der Waals surface area contributed by atoms with Gasteiger partial charge in [0.05, 0.1) is 121 Å². The molecule has 15 rings (SSSR count). The molecule has 9 aromatic carbocycles. The van der Waals surface area contributed by atoms with Gasteiger partial charge in [-0.1, -0.05) is 64.6 Å². The van der Waals surface area contributed by atoms with Gasteiger partial charge in [0.2, 0.25) is 0 Å². The number of carboxylic acids is 4. The van der Waals surface area contributed by atoms with Crippen molar-refractivity contribution in [1.82, 2.24) is 28.2 Å². The molecule has 1 fully saturated rings. The number of nitrogens with one attached hydrogen (secondary N) is 2. The molecule has 0 spiro atoms. The lowest BCUT2D eigenvalue weighted by Gasteiger charge is -2.26. The van der Waals surface area contributed by atoms with E-state index in [1.165, 1.54) is 61.8 Å². The number of carbonyl (C=O) groups is 4. The Kier molecular flexibility index (Phi) is 24.2. The number of rotatable bonds is 18. The summed E-state index contributed by atoms with van der Waals surface area (Å²) in [4.78, 5) is 106. The molecular weight excluding hydrogens is 1570 g/mol. The minimum atomic E-state index is -4.80. The molecule has 7 N–H and O–H groups in total. The Balaban J connectivity index is 0.000000142. The highest BCUT2D eigenvalue weighted by atomic mass is 35.5. The van der Waals surface area contributed by atoms with Crippen molar-refractivity contribution < 1.29 is 81.6 Å². The summed E-state index contributed by atoms with van der Waals surface area (Å²) in [6, 6.07) is 39.9. The van der Waals surface area contributed by atoms with Crippen molar-refractivity contribution in [2.45, 2.75) is 70.2 Å². The van der Waals surface area contributed by atoms with Gasteiger partial charge in [-0.3, -0.25) is 43.3 Å². The largest absolute Gasteiger partial charge is 0.573 e. The number of benzene rings is 9. The Morgan fingerprint density at radius 1 is 0.456 bits per heavy atom. The molecular formula is C81H65Cl4F3N8O18. The van der Waals surface area contributed by atoms with E-state index in [-0.39, 0.29) is 107 Å². The molecule has 0 unspecified atom stereocenters. The number of alkyl halides is 3. The monoisotopic (exact) mass is 1630 g/mol. The van der Waals surface area contributed by atoms with Crippen molar-refractivity contribution in [3.05, 3.63) is 237 Å². The van der Waals surface area contributed by atoms with Crippen LogP contribution in [0.1, 0.15) is 37.2 Å². The lowest BCUT2D eigenvalue weighted by Crippen LogP contribution is -2.18. The van der Waals surface area contributed by atoms with Crippen LogP contribution in [0.25, 0.3) is 87.2 Å². The molecule has 33 heteroatoms. The zero-order chi connectivity index (χ0) is 81.7. The SMILES string of the molecule is COc1c(Cl)ccc2c(=O)c3ccc(Nc4ccc(OC(F)(F)F)cc4)cc3n(CC(=O)O)c12.COc1c(Cl)ccc2c(=O)c3ccc(Nc4cnccn4)cc3n(CC(=O)O)c12.COc1ccc2c(=O)c3ccccc3n(CC(=O)O)c2c1OC.O=C(O)Cn1c2cc(C3CCC(O)CC3)ccc2c(=O)c2ccc(Cl)c(Cl)c21. The summed E-state index contributed by atoms with van der Waals surface area (Å²) in [5.74, 6) is -2.65. The molecule has 0 bridgehead atoms. The molecule has 0 saturated heterocycles. The Morgan fingerprint density at radius 2 is 0.868 bits per heavy atom. The van der Waals surface area contributed by atoms with Crippen LogP contribution in [0.15, 0.2) is 189 Å². The summed E-state index contributed by atoms with van der Waals surface area (Å²) < 4.78 is 68.4. The molecule has 1 saturated carbocycles. The van der Waals surface area contributed by atoms with E-state index < -0.39 is 36.8 Å². The van der Waals surface area contributed by atoms with Gasteiger partial charge in [-0.05, 0) is 171 Å². The molecule has 1 aliphatic rings. The van der Waals surface area contributed by atoms with Crippen molar-refractivity contribution >= 4 is 180 Å². The number of hydrogen-bond donors (Lipinski definition) is 7. The molecule has 14 aromatic rings. The molecule has 1 aliphatic carbocycles. The second-order valence-electron chi connectivity index (χ2n) is 25.8. The van der Waals surface area contributed by atoms with Crippen molar-refractivity contribution in [3.63, 3.8) is 0 Å². The number of aliphatic hydroxyl groups is 1. The highest BCUT2D eigenvalue weighted by molar-refractivity contribution is 6.45. The third-order valence-electron chi connectivity index (χ3n) is 18.8. The zero-order valence-electron chi connectivity index (χ0n) is 60.3. The first-order valence-electron chi connectivity index (χ1n) is 34.5. The van der Waals surface area contributed by atoms with Gasteiger partial charge in [0.25, 0.3) is 0 Å². The number of methoxy groups -OCH3 is 4. The van der Waals surface area contributed by atoms with Gasteiger partial charge in [0, 0.05) is 56.4 Å². The van der Waals surface area contributed by atoms with E-state index in [4.69, 9.17) is 65.4 Å². The van der Waals surface area contributed by atoms with Gasteiger partial charge < -0.3 is 78.1 Å². The molecule has 26 nitrogen and oxygen atoms in total. The van der Waals surface area contributed by atoms with Crippen LogP contribution < -0.4 is 56.0 Å². The second-order valence-corrected chi connectivity index (χ2v) is 27.4.